The van der Waals surface area contributed by atoms with Gasteiger partial charge in [-0.3, -0.25) is 9.59 Å². The van der Waals surface area contributed by atoms with Crippen LogP contribution in [0.15, 0.2) is 30.4 Å². The van der Waals surface area contributed by atoms with E-state index in [1.165, 1.54) is 0 Å². The lowest BCUT2D eigenvalue weighted by molar-refractivity contribution is -0.155. The van der Waals surface area contributed by atoms with Crippen molar-refractivity contribution >= 4 is 11.9 Å². The Kier molecular flexibility index (Phi) is 4.97. The van der Waals surface area contributed by atoms with Crippen LogP contribution in [0.5, 0.6) is 11.5 Å². The summed E-state index contributed by atoms with van der Waals surface area (Å²) in [4.78, 5) is 26.2. The van der Waals surface area contributed by atoms with Crippen LogP contribution in [0, 0.1) is 17.8 Å². The van der Waals surface area contributed by atoms with Gasteiger partial charge in [-0.05, 0) is 36.5 Å². The van der Waals surface area contributed by atoms with E-state index in [0.717, 1.165) is 12.0 Å². The number of hydrogen-bond donors (Lipinski definition) is 1. The summed E-state index contributed by atoms with van der Waals surface area (Å²) in [5.74, 6) is -0.759. The van der Waals surface area contributed by atoms with Gasteiger partial charge in [-0.1, -0.05) is 18.2 Å². The van der Waals surface area contributed by atoms with E-state index in [2.05, 4.69) is 0 Å². The largest absolute Gasteiger partial charge is 0.493 e. The van der Waals surface area contributed by atoms with Crippen molar-refractivity contribution in [2.24, 2.45) is 17.8 Å². The quantitative estimate of drug-likeness (QED) is 0.829. The zero-order valence-corrected chi connectivity index (χ0v) is 14.5. The normalized spacial score (nSPS) is 25.4. The summed E-state index contributed by atoms with van der Waals surface area (Å²) < 4.78 is 10.5. The number of piperidine rings is 1. The predicted octanol–water partition coefficient (Wildman–Crippen LogP) is 2.33. The van der Waals surface area contributed by atoms with Gasteiger partial charge >= 0.3 is 5.97 Å². The molecular weight excluding hydrogens is 322 g/mol. The molecule has 1 amide bonds. The fourth-order valence-corrected chi connectivity index (χ4v) is 3.83. The summed E-state index contributed by atoms with van der Waals surface area (Å²) in [5.41, 5.74) is 0.933. The molecule has 1 N–H and O–H groups in total. The molecule has 1 aliphatic heterocycles. The van der Waals surface area contributed by atoms with E-state index in [9.17, 15) is 14.7 Å². The van der Waals surface area contributed by atoms with Crippen molar-refractivity contribution in [3.05, 3.63) is 35.9 Å². The van der Waals surface area contributed by atoms with Crippen LogP contribution in [-0.2, 0) is 16.1 Å². The second-order valence-corrected chi connectivity index (χ2v) is 6.54. The molecule has 0 aromatic heterocycles. The summed E-state index contributed by atoms with van der Waals surface area (Å²) in [5, 5.41) is 9.46. The van der Waals surface area contributed by atoms with Crippen molar-refractivity contribution in [2.45, 2.75) is 19.4 Å². The lowest BCUT2D eigenvalue weighted by Gasteiger charge is -2.41. The van der Waals surface area contributed by atoms with Crippen molar-refractivity contribution in [1.82, 2.24) is 4.90 Å². The lowest BCUT2D eigenvalue weighted by atomic mass is 9.71. The number of carbonyl (C=O) groups excluding carboxylic acids is 1. The van der Waals surface area contributed by atoms with Crippen LogP contribution >= 0.6 is 0 Å². The zero-order valence-electron chi connectivity index (χ0n) is 14.5. The number of nitrogens with zero attached hydrogens (tertiary/aromatic N) is 1. The Hall–Kier alpha value is -2.50. The fourth-order valence-electron chi connectivity index (χ4n) is 3.83. The molecule has 0 radical (unpaired) electrons. The highest BCUT2D eigenvalue weighted by Gasteiger charge is 2.44. The maximum atomic E-state index is 12.9. The van der Waals surface area contributed by atoms with Crippen LogP contribution < -0.4 is 9.47 Å². The van der Waals surface area contributed by atoms with Gasteiger partial charge in [0.15, 0.2) is 11.5 Å². The monoisotopic (exact) mass is 345 g/mol. The van der Waals surface area contributed by atoms with Gasteiger partial charge in [0, 0.05) is 13.1 Å². The topological polar surface area (TPSA) is 76.1 Å². The molecule has 6 nitrogen and oxygen atoms in total. The van der Waals surface area contributed by atoms with Crippen LogP contribution in [0.25, 0.3) is 0 Å². The van der Waals surface area contributed by atoms with Crippen LogP contribution in [-0.4, -0.2) is 42.6 Å². The number of aliphatic carboxylic acids is 1. The number of carboxylic acid groups (broad SMARTS) is 1. The van der Waals surface area contributed by atoms with Crippen LogP contribution in [0.3, 0.4) is 0 Å². The molecule has 134 valence electrons. The van der Waals surface area contributed by atoms with E-state index in [4.69, 9.17) is 9.47 Å². The number of methoxy groups -OCH3 is 2. The Morgan fingerprint density at radius 1 is 1.28 bits per heavy atom. The number of benzene rings is 1. The molecule has 0 bridgehead atoms. The van der Waals surface area contributed by atoms with E-state index in [0.29, 0.717) is 31.0 Å². The highest BCUT2D eigenvalue weighted by molar-refractivity contribution is 5.86. The van der Waals surface area contributed by atoms with Crippen molar-refractivity contribution in [3.8, 4) is 11.5 Å². The summed E-state index contributed by atoms with van der Waals surface area (Å²) in [6.07, 6.45) is 5.13. The Balaban J connectivity index is 1.79. The van der Waals surface area contributed by atoms with E-state index >= 15 is 0 Å². The van der Waals surface area contributed by atoms with Gasteiger partial charge in [0.2, 0.25) is 5.91 Å². The second kappa shape index (κ2) is 7.17. The molecule has 1 heterocycles. The van der Waals surface area contributed by atoms with Gasteiger partial charge < -0.3 is 19.5 Å². The van der Waals surface area contributed by atoms with Crippen LogP contribution in [0.4, 0.5) is 0 Å². The molecule has 3 rings (SSSR count). The summed E-state index contributed by atoms with van der Waals surface area (Å²) >= 11 is 0. The Bertz CT molecular complexity index is 699. The number of ether oxygens (including phenoxy) is 2. The Morgan fingerprint density at radius 2 is 2.04 bits per heavy atom. The molecule has 1 aromatic rings. The van der Waals surface area contributed by atoms with Crippen LogP contribution in [0.1, 0.15) is 18.4 Å². The van der Waals surface area contributed by atoms with Gasteiger partial charge in [0.1, 0.15) is 0 Å². The number of allylic oxidation sites excluding steroid dienone is 2. The number of amides is 1. The van der Waals surface area contributed by atoms with Crippen molar-refractivity contribution in [3.63, 3.8) is 0 Å². The van der Waals surface area contributed by atoms with Gasteiger partial charge in [0.25, 0.3) is 0 Å². The SMILES string of the molecule is COc1ccc(CN2CCC3C=CCC(C(=O)O)[C@H]3C2=O)cc1OC. The van der Waals surface area contributed by atoms with E-state index in [1.54, 1.807) is 19.1 Å². The van der Waals surface area contributed by atoms with E-state index in [1.807, 2.05) is 30.4 Å². The molecule has 25 heavy (non-hydrogen) atoms. The van der Waals surface area contributed by atoms with Gasteiger partial charge in [-0.2, -0.15) is 0 Å². The van der Waals surface area contributed by atoms with E-state index < -0.39 is 17.8 Å². The number of hydrogen-bond acceptors (Lipinski definition) is 4. The molecule has 1 fully saturated rings. The minimum atomic E-state index is -0.888. The Morgan fingerprint density at radius 3 is 2.72 bits per heavy atom. The molecule has 1 aliphatic carbocycles. The molecule has 1 saturated heterocycles. The zero-order chi connectivity index (χ0) is 18.0. The highest BCUT2D eigenvalue weighted by atomic mass is 16.5. The number of carbonyl (C=O) groups is 2. The summed E-state index contributed by atoms with van der Waals surface area (Å²) in [7, 11) is 3.15. The van der Waals surface area contributed by atoms with Crippen molar-refractivity contribution in [1.29, 1.82) is 0 Å². The standard InChI is InChI=1S/C19H23NO5/c1-24-15-7-6-12(10-16(15)25-2)11-20-9-8-13-4-3-5-14(19(22)23)17(13)18(20)21/h3-4,6-7,10,13-14,17H,5,8-9,11H2,1-2H3,(H,22,23)/t13?,14?,17-/m0/s1. The highest BCUT2D eigenvalue weighted by Crippen LogP contribution is 2.38. The van der Waals surface area contributed by atoms with Crippen LogP contribution in [0.2, 0.25) is 0 Å². The molecule has 1 aromatic carbocycles. The number of carboxylic acids is 1. The fraction of sp³-hybridized carbons (Fsp3) is 0.474. The number of fused-ring (bicyclic) bond motifs is 1. The average Bonchev–Trinajstić information content (AvgIpc) is 2.63. The van der Waals surface area contributed by atoms with Gasteiger partial charge in [0.05, 0.1) is 26.1 Å². The second-order valence-electron chi connectivity index (χ2n) is 6.54. The maximum Gasteiger partial charge on any atom is 0.307 e. The molecule has 6 heteroatoms. The first kappa shape index (κ1) is 17.3. The smallest absolute Gasteiger partial charge is 0.307 e. The average molecular weight is 345 g/mol. The number of likely N-dealkylation sites (tertiary alicyclic amines) is 1. The molecule has 2 aliphatic rings. The maximum absolute atomic E-state index is 12.9. The first-order chi connectivity index (χ1) is 12.0. The lowest BCUT2D eigenvalue weighted by Crippen LogP contribution is -2.49. The first-order valence-electron chi connectivity index (χ1n) is 8.44. The van der Waals surface area contributed by atoms with Gasteiger partial charge in [-0.25, -0.2) is 0 Å². The minimum absolute atomic E-state index is 0.0315. The molecule has 0 spiro atoms. The third-order valence-corrected chi connectivity index (χ3v) is 5.14. The minimum Gasteiger partial charge on any atom is -0.493 e. The molecule has 0 saturated carbocycles. The molecular formula is C19H23NO5. The predicted molar refractivity (Wildman–Crippen MR) is 91.4 cm³/mol. The van der Waals surface area contributed by atoms with Crippen molar-refractivity contribution < 1.29 is 24.2 Å². The molecule has 2 unspecified atom stereocenters. The number of rotatable bonds is 5. The third-order valence-electron chi connectivity index (χ3n) is 5.14. The third kappa shape index (κ3) is 3.34. The molecule has 3 atom stereocenters. The van der Waals surface area contributed by atoms with E-state index in [-0.39, 0.29) is 11.8 Å². The van der Waals surface area contributed by atoms with Crippen molar-refractivity contribution in [2.75, 3.05) is 20.8 Å². The van der Waals surface area contributed by atoms with Gasteiger partial charge in [-0.15, -0.1) is 0 Å². The Labute approximate surface area is 147 Å². The summed E-state index contributed by atoms with van der Waals surface area (Å²) in [6, 6.07) is 5.57. The summed E-state index contributed by atoms with van der Waals surface area (Å²) in [6.45, 7) is 1.07. The first-order valence-corrected chi connectivity index (χ1v) is 8.44.